The minimum Gasteiger partial charge on any atom is -0.504 e. The van der Waals surface area contributed by atoms with E-state index in [2.05, 4.69) is 10.2 Å². The normalized spacial score (nSPS) is 26.9. The second-order valence-electron chi connectivity index (χ2n) is 14.7. The molecule has 6 atom stereocenters. The minimum atomic E-state index is -2.07. The van der Waals surface area contributed by atoms with Crippen molar-refractivity contribution in [3.63, 3.8) is 0 Å². The molecule has 2 aliphatic carbocycles. The van der Waals surface area contributed by atoms with Crippen LogP contribution in [-0.4, -0.2) is 59.7 Å². The summed E-state index contributed by atoms with van der Waals surface area (Å²) in [6.07, 6.45) is 5.14. The molecule has 4 aromatic carbocycles. The monoisotopic (exact) mass is 807 g/mol. The molecule has 1 N–H and O–H groups in total. The molecule has 8 rings (SSSR count). The fourth-order valence-electron chi connectivity index (χ4n) is 8.51. The fraction of sp³-hybridized carbons (Fsp3) is 0.256. The van der Waals surface area contributed by atoms with Crippen LogP contribution in [0.3, 0.4) is 0 Å². The summed E-state index contributed by atoms with van der Waals surface area (Å²) >= 11 is 14.8. The minimum absolute atomic E-state index is 0.0764. The highest BCUT2D eigenvalue weighted by Gasteiger charge is 2.76. The first kappa shape index (κ1) is 38.0. The Morgan fingerprint density at radius 2 is 1.44 bits per heavy atom. The summed E-state index contributed by atoms with van der Waals surface area (Å²) in [7, 11) is 5.31. The van der Waals surface area contributed by atoms with Gasteiger partial charge in [0.25, 0.3) is 11.8 Å². The Kier molecular flexibility index (Phi) is 9.52. The molecule has 2 heterocycles. The Morgan fingerprint density at radius 3 is 2.07 bits per heavy atom. The molecule has 2 aliphatic heterocycles. The molecule has 14 heteroatoms. The van der Waals surface area contributed by atoms with Crippen LogP contribution in [0.25, 0.3) is 6.08 Å². The zero-order chi connectivity index (χ0) is 40.4. The number of ether oxygens (including phenoxy) is 1. The number of aromatic hydroxyl groups is 1. The topological polar surface area (TPSA) is 132 Å². The van der Waals surface area contributed by atoms with Gasteiger partial charge < -0.3 is 14.7 Å². The summed E-state index contributed by atoms with van der Waals surface area (Å²) in [5.74, 6) is -6.35. The molecular weight excluding hydrogens is 772 g/mol. The molecule has 290 valence electrons. The fourth-order valence-corrected chi connectivity index (χ4v) is 9.40. The van der Waals surface area contributed by atoms with Crippen LogP contribution in [0.2, 0.25) is 0 Å². The SMILES string of the molecule is COc1cc(C=C[C@H]2C3=CC[C@@H]4C(=O)N(c5ccc(N=Nc6ccc(N(C)C)cc6)cc5)C(=O)[C@@H]4[C@@H]3C[C@@]3(Cl)C(=O)N(c4ccc(F)cc4)C(=O)[C@@]23Cl)ccc1O. The van der Waals surface area contributed by atoms with Crippen LogP contribution in [0.4, 0.5) is 32.8 Å². The molecular formula is C43H36Cl2FN5O6. The van der Waals surface area contributed by atoms with E-state index in [1.54, 1.807) is 48.6 Å². The first-order valence-corrected chi connectivity index (χ1v) is 19.0. The number of hydrogen-bond donors (Lipinski definition) is 1. The third-order valence-electron chi connectivity index (χ3n) is 11.4. The van der Waals surface area contributed by atoms with Crippen molar-refractivity contribution < 1.29 is 33.4 Å². The molecule has 0 unspecified atom stereocenters. The number of imide groups is 2. The second-order valence-corrected chi connectivity index (χ2v) is 16.0. The number of anilines is 3. The van der Waals surface area contributed by atoms with Crippen LogP contribution in [0.5, 0.6) is 11.5 Å². The lowest BCUT2D eigenvalue weighted by molar-refractivity contribution is -0.125. The number of halogens is 3. The predicted octanol–water partition coefficient (Wildman–Crippen LogP) is 8.34. The van der Waals surface area contributed by atoms with E-state index in [4.69, 9.17) is 27.9 Å². The molecule has 2 saturated heterocycles. The van der Waals surface area contributed by atoms with Gasteiger partial charge in [-0.1, -0.05) is 29.9 Å². The highest BCUT2D eigenvalue weighted by molar-refractivity contribution is 6.58. The standard InChI is InChI=1S/C43H36Cl2FN5O6/c1-49(2)28-14-8-26(9-15-28)47-48-27-10-16-29(17-11-27)50-38(53)32-19-18-31-33(37(32)39(50)54)23-42(44)40(55)51(30-12-6-25(46)7-13-30)41(56)43(42,45)34(31)20-4-24-5-21-35(52)36(22-24)57-3/h4-18,20-22,32-34,37,52H,19,23H2,1-3H3/t32-,33+,34-,37-,42+,43-/m0/s1. The number of allylic oxidation sites excluding steroid dienone is 3. The molecule has 0 aromatic heterocycles. The van der Waals surface area contributed by atoms with E-state index in [0.29, 0.717) is 28.2 Å². The van der Waals surface area contributed by atoms with E-state index in [-0.39, 0.29) is 30.0 Å². The van der Waals surface area contributed by atoms with Crippen LogP contribution in [-0.2, 0) is 19.2 Å². The number of methoxy groups -OCH3 is 1. The third kappa shape index (κ3) is 6.09. The van der Waals surface area contributed by atoms with E-state index in [9.17, 15) is 28.7 Å². The quantitative estimate of drug-likeness (QED) is 0.0820. The van der Waals surface area contributed by atoms with Gasteiger partial charge in [0.15, 0.2) is 21.2 Å². The molecule has 1 saturated carbocycles. The summed E-state index contributed by atoms with van der Waals surface area (Å²) in [4.78, 5) is 57.4. The number of fused-ring (bicyclic) bond motifs is 4. The zero-order valence-corrected chi connectivity index (χ0v) is 32.5. The van der Waals surface area contributed by atoms with Crippen molar-refractivity contribution in [3.8, 4) is 11.5 Å². The number of azo groups is 1. The largest absolute Gasteiger partial charge is 0.504 e. The summed E-state index contributed by atoms with van der Waals surface area (Å²) in [5.41, 5.74) is 3.82. The third-order valence-corrected chi connectivity index (χ3v) is 12.8. The van der Waals surface area contributed by atoms with Crippen molar-refractivity contribution in [2.24, 2.45) is 33.9 Å². The van der Waals surface area contributed by atoms with Crippen molar-refractivity contribution in [1.29, 1.82) is 0 Å². The van der Waals surface area contributed by atoms with Gasteiger partial charge in [0.05, 0.1) is 41.7 Å². The zero-order valence-electron chi connectivity index (χ0n) is 31.0. The molecule has 0 radical (unpaired) electrons. The number of amides is 4. The number of phenols is 1. The first-order chi connectivity index (χ1) is 27.3. The lowest BCUT2D eigenvalue weighted by atomic mass is 9.57. The molecule has 4 aliphatic rings. The summed E-state index contributed by atoms with van der Waals surface area (Å²) in [6.45, 7) is 0. The number of carbonyl (C=O) groups excluding carboxylic acids is 4. The molecule has 3 fully saturated rings. The van der Waals surface area contributed by atoms with Crippen LogP contribution < -0.4 is 19.4 Å². The lowest BCUT2D eigenvalue weighted by Crippen LogP contribution is -2.60. The van der Waals surface area contributed by atoms with Crippen molar-refractivity contribution in [2.45, 2.75) is 22.6 Å². The molecule has 0 spiro atoms. The molecule has 57 heavy (non-hydrogen) atoms. The number of phenolic OH excluding ortho intramolecular Hbond substituents is 1. The van der Waals surface area contributed by atoms with Gasteiger partial charge in [-0.15, -0.1) is 23.2 Å². The second kappa shape index (κ2) is 14.3. The van der Waals surface area contributed by atoms with E-state index in [1.165, 1.54) is 25.3 Å². The Balaban J connectivity index is 1.14. The van der Waals surface area contributed by atoms with Crippen molar-refractivity contribution >= 4 is 81.3 Å². The Hall–Kier alpha value is -5.85. The Bertz CT molecular complexity index is 2400. The molecule has 4 amide bonds. The first-order valence-electron chi connectivity index (χ1n) is 18.2. The van der Waals surface area contributed by atoms with Crippen LogP contribution in [0.1, 0.15) is 18.4 Å². The van der Waals surface area contributed by atoms with Gasteiger partial charge >= 0.3 is 0 Å². The maximum atomic E-state index is 14.5. The van der Waals surface area contributed by atoms with E-state index < -0.39 is 62.9 Å². The lowest BCUT2D eigenvalue weighted by Gasteiger charge is -2.49. The van der Waals surface area contributed by atoms with Gasteiger partial charge in [0.2, 0.25) is 11.8 Å². The Labute approximate surface area is 337 Å². The molecule has 4 aromatic rings. The van der Waals surface area contributed by atoms with Crippen LogP contribution in [0, 0.1) is 29.5 Å². The number of hydrogen-bond acceptors (Lipinski definition) is 9. The molecule has 11 nitrogen and oxygen atoms in total. The number of alkyl halides is 2. The van der Waals surface area contributed by atoms with Crippen molar-refractivity contribution in [2.75, 3.05) is 35.9 Å². The maximum absolute atomic E-state index is 14.5. The van der Waals surface area contributed by atoms with Gasteiger partial charge in [-0.25, -0.2) is 9.29 Å². The number of benzene rings is 4. The highest BCUT2D eigenvalue weighted by atomic mass is 35.5. The smallest absolute Gasteiger partial charge is 0.258 e. The number of rotatable bonds is 8. The van der Waals surface area contributed by atoms with E-state index >= 15 is 0 Å². The summed E-state index contributed by atoms with van der Waals surface area (Å²) < 4.78 is 19.2. The van der Waals surface area contributed by atoms with E-state index in [1.807, 2.05) is 49.3 Å². The van der Waals surface area contributed by atoms with Crippen LogP contribution in [0.15, 0.2) is 119 Å². The van der Waals surface area contributed by atoms with Gasteiger partial charge in [-0.3, -0.25) is 24.1 Å². The molecule has 0 bridgehead atoms. The number of nitrogens with zero attached hydrogens (tertiary/aromatic N) is 5. The van der Waals surface area contributed by atoms with Gasteiger partial charge in [0, 0.05) is 25.7 Å². The van der Waals surface area contributed by atoms with Gasteiger partial charge in [0.1, 0.15) is 5.82 Å². The highest BCUT2D eigenvalue weighted by Crippen LogP contribution is 2.63. The maximum Gasteiger partial charge on any atom is 0.258 e. The van der Waals surface area contributed by atoms with Gasteiger partial charge in [-0.2, -0.15) is 10.2 Å². The summed E-state index contributed by atoms with van der Waals surface area (Å²) in [6, 6.07) is 23.7. The van der Waals surface area contributed by atoms with Gasteiger partial charge in [-0.05, 0) is 109 Å². The van der Waals surface area contributed by atoms with Crippen LogP contribution >= 0.6 is 23.2 Å². The average molecular weight is 809 g/mol. The summed E-state index contributed by atoms with van der Waals surface area (Å²) in [5, 5.41) is 18.8. The van der Waals surface area contributed by atoms with Crippen molar-refractivity contribution in [1.82, 2.24) is 0 Å². The van der Waals surface area contributed by atoms with E-state index in [0.717, 1.165) is 27.6 Å². The average Bonchev–Trinajstić information content (AvgIpc) is 3.55. The van der Waals surface area contributed by atoms with Crippen molar-refractivity contribution in [3.05, 3.63) is 120 Å². The number of carbonyl (C=O) groups is 4. The Morgan fingerprint density at radius 1 is 0.825 bits per heavy atom. The predicted molar refractivity (Wildman–Crippen MR) is 215 cm³/mol.